The van der Waals surface area contributed by atoms with Crippen LogP contribution in [-0.2, 0) is 4.79 Å². The Bertz CT molecular complexity index is 255. The zero-order valence-corrected chi connectivity index (χ0v) is 8.29. The number of carbonyl (C=O) groups excluding carboxylic acids is 1. The molecular weight excluding hydrogens is 162 g/mol. The van der Waals surface area contributed by atoms with Crippen molar-refractivity contribution in [3.63, 3.8) is 0 Å². The molecule has 0 saturated carbocycles. The lowest BCUT2D eigenvalue weighted by molar-refractivity contribution is -0.122. The molecule has 0 radical (unpaired) electrons. The molecule has 0 spiro atoms. The first kappa shape index (κ1) is 10.0. The van der Waals surface area contributed by atoms with E-state index in [0.717, 1.165) is 12.8 Å². The minimum Gasteiger partial charge on any atom is -0.369 e. The number of primary amides is 1. The zero-order chi connectivity index (χ0) is 9.90. The van der Waals surface area contributed by atoms with Crippen LogP contribution in [-0.4, -0.2) is 5.91 Å². The summed E-state index contributed by atoms with van der Waals surface area (Å²) < 4.78 is 0. The molecule has 1 amide bonds. The first-order chi connectivity index (χ1) is 6.10. The van der Waals surface area contributed by atoms with Gasteiger partial charge in [-0.3, -0.25) is 4.79 Å². The molecule has 1 aliphatic carbocycles. The summed E-state index contributed by atoms with van der Waals surface area (Å²) in [6.07, 6.45) is 9.95. The number of hydrogen-bond acceptors (Lipinski definition) is 1. The molecule has 0 heterocycles. The highest BCUT2D eigenvalue weighted by Crippen LogP contribution is 2.37. The average molecular weight is 179 g/mol. The normalized spacial score (nSPS) is 32.0. The molecule has 0 bridgehead atoms. The summed E-state index contributed by atoms with van der Waals surface area (Å²) in [7, 11) is 0. The summed E-state index contributed by atoms with van der Waals surface area (Å²) in [5.74, 6) is -0.367. The van der Waals surface area contributed by atoms with Gasteiger partial charge in [-0.2, -0.15) is 0 Å². The zero-order valence-electron chi connectivity index (χ0n) is 8.29. The van der Waals surface area contributed by atoms with Crippen LogP contribution in [0.4, 0.5) is 0 Å². The quantitative estimate of drug-likeness (QED) is 0.707. The van der Waals surface area contributed by atoms with Crippen molar-refractivity contribution in [2.75, 3.05) is 0 Å². The third-order valence-electron chi connectivity index (χ3n) is 2.70. The van der Waals surface area contributed by atoms with Crippen LogP contribution < -0.4 is 5.73 Å². The van der Waals surface area contributed by atoms with E-state index in [2.05, 4.69) is 19.9 Å². The second-order valence-electron chi connectivity index (χ2n) is 3.88. The standard InChI is InChI=1S/C11H17NO/c1-3-7-11(2)8-5-4-6-9(11)10(12)13/h4-6,8-9H,3,7H2,1-2H3,(H2,12,13). The lowest BCUT2D eigenvalue weighted by Crippen LogP contribution is -2.36. The highest BCUT2D eigenvalue weighted by molar-refractivity contribution is 5.80. The number of amides is 1. The van der Waals surface area contributed by atoms with E-state index in [1.165, 1.54) is 0 Å². The molecule has 13 heavy (non-hydrogen) atoms. The van der Waals surface area contributed by atoms with Crippen LogP contribution in [0.1, 0.15) is 26.7 Å². The Morgan fingerprint density at radius 3 is 2.77 bits per heavy atom. The smallest absolute Gasteiger partial charge is 0.225 e. The summed E-state index contributed by atoms with van der Waals surface area (Å²) in [6, 6.07) is 0. The largest absolute Gasteiger partial charge is 0.369 e. The van der Waals surface area contributed by atoms with Crippen LogP contribution in [0.3, 0.4) is 0 Å². The second kappa shape index (κ2) is 3.77. The number of nitrogens with two attached hydrogens (primary N) is 1. The van der Waals surface area contributed by atoms with E-state index >= 15 is 0 Å². The van der Waals surface area contributed by atoms with Gasteiger partial charge < -0.3 is 5.73 Å². The maximum absolute atomic E-state index is 11.2. The van der Waals surface area contributed by atoms with Crippen molar-refractivity contribution in [1.82, 2.24) is 0 Å². The number of carbonyl (C=O) groups is 1. The molecular formula is C11H17NO. The Morgan fingerprint density at radius 1 is 1.54 bits per heavy atom. The molecule has 2 heteroatoms. The van der Waals surface area contributed by atoms with E-state index in [1.807, 2.05) is 18.2 Å². The molecule has 0 aromatic carbocycles. The van der Waals surface area contributed by atoms with Crippen LogP contribution >= 0.6 is 0 Å². The van der Waals surface area contributed by atoms with Gasteiger partial charge in [0, 0.05) is 5.41 Å². The van der Waals surface area contributed by atoms with Crippen LogP contribution in [0.2, 0.25) is 0 Å². The fourth-order valence-corrected chi connectivity index (χ4v) is 1.97. The summed E-state index contributed by atoms with van der Waals surface area (Å²) >= 11 is 0. The molecule has 2 nitrogen and oxygen atoms in total. The van der Waals surface area contributed by atoms with Crippen molar-refractivity contribution >= 4 is 5.91 Å². The summed E-state index contributed by atoms with van der Waals surface area (Å²) in [5, 5.41) is 0. The highest BCUT2D eigenvalue weighted by atomic mass is 16.1. The Balaban J connectivity index is 2.86. The SMILES string of the molecule is CCCC1(C)C=CC=CC1C(N)=O. The van der Waals surface area contributed by atoms with Gasteiger partial charge in [0.1, 0.15) is 0 Å². The van der Waals surface area contributed by atoms with E-state index < -0.39 is 0 Å². The average Bonchev–Trinajstić information content (AvgIpc) is 2.04. The third-order valence-corrected chi connectivity index (χ3v) is 2.70. The van der Waals surface area contributed by atoms with Gasteiger partial charge >= 0.3 is 0 Å². The Hall–Kier alpha value is -1.05. The van der Waals surface area contributed by atoms with Crippen LogP contribution in [0.5, 0.6) is 0 Å². The van der Waals surface area contributed by atoms with Crippen LogP contribution in [0, 0.1) is 11.3 Å². The van der Waals surface area contributed by atoms with Gasteiger partial charge in [0.05, 0.1) is 5.92 Å². The van der Waals surface area contributed by atoms with Gasteiger partial charge in [-0.1, -0.05) is 44.6 Å². The molecule has 0 aliphatic heterocycles. The molecule has 0 saturated heterocycles. The molecule has 0 aromatic rings. The van der Waals surface area contributed by atoms with Crippen LogP contribution in [0.15, 0.2) is 24.3 Å². The van der Waals surface area contributed by atoms with Gasteiger partial charge in [0.25, 0.3) is 0 Å². The number of hydrogen-bond donors (Lipinski definition) is 1. The van der Waals surface area contributed by atoms with Crippen molar-refractivity contribution < 1.29 is 4.79 Å². The van der Waals surface area contributed by atoms with Gasteiger partial charge in [0.15, 0.2) is 0 Å². The van der Waals surface area contributed by atoms with E-state index in [9.17, 15) is 4.79 Å². The van der Waals surface area contributed by atoms with Crippen molar-refractivity contribution in [3.05, 3.63) is 24.3 Å². The topological polar surface area (TPSA) is 43.1 Å². The van der Waals surface area contributed by atoms with Crippen molar-refractivity contribution in [1.29, 1.82) is 0 Å². The Kier molecular flexibility index (Phi) is 2.91. The molecule has 0 aromatic heterocycles. The van der Waals surface area contributed by atoms with E-state index in [4.69, 9.17) is 5.73 Å². The summed E-state index contributed by atoms with van der Waals surface area (Å²) in [6.45, 7) is 4.21. The maximum atomic E-state index is 11.2. The van der Waals surface area contributed by atoms with Crippen molar-refractivity contribution in [3.8, 4) is 0 Å². The lowest BCUT2D eigenvalue weighted by atomic mass is 9.71. The van der Waals surface area contributed by atoms with Crippen molar-refractivity contribution in [2.45, 2.75) is 26.7 Å². The predicted molar refractivity (Wildman–Crippen MR) is 54.0 cm³/mol. The fourth-order valence-electron chi connectivity index (χ4n) is 1.97. The summed E-state index contributed by atoms with van der Waals surface area (Å²) in [4.78, 5) is 11.2. The Labute approximate surface area is 79.5 Å². The summed E-state index contributed by atoms with van der Waals surface area (Å²) in [5.41, 5.74) is 5.27. The molecule has 2 atom stereocenters. The highest BCUT2D eigenvalue weighted by Gasteiger charge is 2.34. The van der Waals surface area contributed by atoms with Gasteiger partial charge in [-0.05, 0) is 6.42 Å². The van der Waals surface area contributed by atoms with E-state index in [1.54, 1.807) is 0 Å². The van der Waals surface area contributed by atoms with Gasteiger partial charge in [-0.15, -0.1) is 0 Å². The van der Waals surface area contributed by atoms with Crippen LogP contribution in [0.25, 0.3) is 0 Å². The predicted octanol–water partition coefficient (Wildman–Crippen LogP) is 2.02. The molecule has 72 valence electrons. The Morgan fingerprint density at radius 2 is 2.23 bits per heavy atom. The molecule has 2 unspecified atom stereocenters. The molecule has 2 N–H and O–H groups in total. The monoisotopic (exact) mass is 179 g/mol. The van der Waals surface area contributed by atoms with E-state index in [-0.39, 0.29) is 17.2 Å². The second-order valence-corrected chi connectivity index (χ2v) is 3.88. The number of allylic oxidation sites excluding steroid dienone is 3. The van der Waals surface area contributed by atoms with Gasteiger partial charge in [-0.25, -0.2) is 0 Å². The minimum atomic E-state index is -0.225. The number of rotatable bonds is 3. The van der Waals surface area contributed by atoms with E-state index in [0.29, 0.717) is 0 Å². The van der Waals surface area contributed by atoms with Gasteiger partial charge in [0.2, 0.25) is 5.91 Å². The lowest BCUT2D eigenvalue weighted by Gasteiger charge is -2.32. The first-order valence-corrected chi connectivity index (χ1v) is 4.75. The molecule has 1 rings (SSSR count). The third kappa shape index (κ3) is 2.00. The fraction of sp³-hybridized carbons (Fsp3) is 0.545. The molecule has 0 fully saturated rings. The van der Waals surface area contributed by atoms with Crippen molar-refractivity contribution in [2.24, 2.45) is 17.1 Å². The maximum Gasteiger partial charge on any atom is 0.225 e. The molecule has 1 aliphatic rings. The first-order valence-electron chi connectivity index (χ1n) is 4.75. The minimum absolute atomic E-state index is 0.0741.